The Hall–Kier alpha value is -4.54. The minimum absolute atomic E-state index is 0.763. The van der Waals surface area contributed by atoms with Crippen molar-refractivity contribution in [3.8, 4) is 11.4 Å². The van der Waals surface area contributed by atoms with Gasteiger partial charge in [-0.05, 0) is 48.5 Å². The van der Waals surface area contributed by atoms with Gasteiger partial charge in [0.1, 0.15) is 0 Å². The molecule has 8 rings (SSSR count). The third-order valence-electron chi connectivity index (χ3n) is 7.84. The molecule has 0 aliphatic rings. The number of fused-ring (bicyclic) bond motifs is 9. The summed E-state index contributed by atoms with van der Waals surface area (Å²) in [6, 6.07) is 44.1. The smallest absolute Gasteiger partial charge is 0.0804 e. The number of benzene rings is 5. The van der Waals surface area contributed by atoms with Crippen molar-refractivity contribution in [2.75, 3.05) is 0 Å². The van der Waals surface area contributed by atoms with Crippen LogP contribution in [0.5, 0.6) is 0 Å². The lowest BCUT2D eigenvalue weighted by molar-refractivity contribution is 1.18. The predicted octanol–water partition coefficient (Wildman–Crippen LogP) is 8.93. The molecule has 0 atom stereocenters. The lowest BCUT2D eigenvalue weighted by Crippen LogP contribution is -2.14. The van der Waals surface area contributed by atoms with E-state index >= 15 is 0 Å². The fourth-order valence-electron chi connectivity index (χ4n) is 6.44. The van der Waals surface area contributed by atoms with Crippen LogP contribution in [0.25, 0.3) is 66.0 Å². The highest BCUT2D eigenvalue weighted by atomic mass is 28.3. The second-order valence-electron chi connectivity index (χ2n) is 10.2. The molecule has 5 aromatic carbocycles. The van der Waals surface area contributed by atoms with Gasteiger partial charge in [-0.3, -0.25) is 0 Å². The fourth-order valence-corrected chi connectivity index (χ4v) is 7.78. The van der Waals surface area contributed by atoms with Crippen LogP contribution in [0, 0.1) is 0 Å². The van der Waals surface area contributed by atoms with Crippen molar-refractivity contribution >= 4 is 63.6 Å². The summed E-state index contributed by atoms with van der Waals surface area (Å²) in [7, 11) is -0.763. The zero-order valence-corrected chi connectivity index (χ0v) is 22.4. The highest BCUT2D eigenvalue weighted by molar-refractivity contribution is 6.57. The Bertz CT molecular complexity index is 2150. The molecule has 0 bridgehead atoms. The highest BCUT2D eigenvalue weighted by Gasteiger charge is 2.24. The van der Waals surface area contributed by atoms with Crippen LogP contribution in [0.15, 0.2) is 121 Å². The van der Waals surface area contributed by atoms with E-state index in [4.69, 9.17) is 0 Å². The molecule has 0 fully saturated rings. The summed E-state index contributed by atoms with van der Waals surface area (Å²) in [6.07, 6.45) is 0. The molecule has 0 unspecified atom stereocenters. The largest absolute Gasteiger partial charge is 0.502 e. The molecule has 0 saturated heterocycles. The fraction of sp³-hybridized carbons (Fsp3) is 0.0588. The number of hydrogen-bond acceptors (Lipinski definition) is 0. The van der Waals surface area contributed by atoms with Gasteiger partial charge in [0.25, 0.3) is 0 Å². The summed E-state index contributed by atoms with van der Waals surface area (Å²) < 4.78 is 7.56. The molecule has 8 aromatic rings. The van der Waals surface area contributed by atoms with Gasteiger partial charge in [0.05, 0.1) is 22.1 Å². The molecule has 0 saturated carbocycles. The quantitative estimate of drug-likeness (QED) is 0.213. The summed E-state index contributed by atoms with van der Waals surface area (Å²) in [5, 5.41) is 5.21. The Kier molecular flexibility index (Phi) is 4.52. The van der Waals surface area contributed by atoms with Gasteiger partial charge in [-0.25, -0.2) is 8.96 Å². The molecule has 0 aliphatic heterocycles. The molecule has 182 valence electrons. The first-order chi connectivity index (χ1) is 18.7. The van der Waals surface area contributed by atoms with Crippen molar-refractivity contribution < 1.29 is 0 Å². The van der Waals surface area contributed by atoms with Gasteiger partial charge >= 0.3 is 0 Å². The van der Waals surface area contributed by atoms with Gasteiger partial charge in [0, 0.05) is 44.0 Å². The van der Waals surface area contributed by atoms with Crippen molar-refractivity contribution in [1.82, 2.24) is 13.4 Å². The van der Waals surface area contributed by atoms with E-state index in [1.54, 1.807) is 0 Å². The molecule has 3 heterocycles. The molecule has 38 heavy (non-hydrogen) atoms. The SMILES string of the molecule is C[Si-](C)n1c2ccccc2c2c3c(ccc21)c1c(c2ccccc2n1-c1ccccc1)n3-c1ccccc1. The molecule has 4 heteroatoms. The summed E-state index contributed by atoms with van der Waals surface area (Å²) >= 11 is 0. The molecule has 3 nitrogen and oxygen atoms in total. The van der Waals surface area contributed by atoms with Crippen molar-refractivity contribution in [1.29, 1.82) is 0 Å². The molecule has 0 radical (unpaired) electrons. The topological polar surface area (TPSA) is 14.8 Å². The molecular weight excluding hydrogens is 478 g/mol. The van der Waals surface area contributed by atoms with E-state index in [-0.39, 0.29) is 0 Å². The monoisotopic (exact) mass is 504 g/mol. The van der Waals surface area contributed by atoms with Gasteiger partial charge in [0.2, 0.25) is 0 Å². The maximum absolute atomic E-state index is 2.59. The zero-order chi connectivity index (χ0) is 25.4. The third kappa shape index (κ3) is 2.78. The third-order valence-corrected chi connectivity index (χ3v) is 9.21. The minimum Gasteiger partial charge on any atom is -0.502 e. The first kappa shape index (κ1) is 21.5. The number of rotatable bonds is 3. The van der Waals surface area contributed by atoms with Crippen LogP contribution in [-0.4, -0.2) is 22.3 Å². The van der Waals surface area contributed by atoms with Gasteiger partial charge < -0.3 is 13.4 Å². The first-order valence-electron chi connectivity index (χ1n) is 13.1. The van der Waals surface area contributed by atoms with Crippen LogP contribution < -0.4 is 0 Å². The van der Waals surface area contributed by atoms with Gasteiger partial charge in [-0.15, -0.1) is 0 Å². The van der Waals surface area contributed by atoms with Gasteiger partial charge in [-0.2, -0.15) is 13.1 Å². The Labute approximate surface area is 222 Å². The summed E-state index contributed by atoms with van der Waals surface area (Å²) in [5.41, 5.74) is 10.0. The number of nitrogens with zero attached hydrogens (tertiary/aromatic N) is 3. The van der Waals surface area contributed by atoms with Crippen LogP contribution in [0.2, 0.25) is 13.1 Å². The lowest BCUT2D eigenvalue weighted by Gasteiger charge is -2.25. The maximum Gasteiger partial charge on any atom is 0.0804 e. The Morgan fingerprint density at radius 1 is 0.421 bits per heavy atom. The van der Waals surface area contributed by atoms with E-state index in [9.17, 15) is 0 Å². The standard InChI is InChI=1S/C34H26N3Si/c1-38(2)37-29-20-12-9-17-25(29)31-30(37)22-21-27-32(31)36(24-15-7-4-8-16-24)33-26-18-10-11-19-28(26)35(34(27)33)23-13-5-3-6-14-23/h3-22H,1-2H3/q-1. The molecule has 0 aliphatic carbocycles. The highest BCUT2D eigenvalue weighted by Crippen LogP contribution is 2.45. The van der Waals surface area contributed by atoms with Crippen molar-refractivity contribution in [3.05, 3.63) is 121 Å². The van der Waals surface area contributed by atoms with Crippen LogP contribution in [0.3, 0.4) is 0 Å². The van der Waals surface area contributed by atoms with E-state index < -0.39 is 8.96 Å². The number of hydrogen-bond donors (Lipinski definition) is 0. The van der Waals surface area contributed by atoms with Gasteiger partial charge in [-0.1, -0.05) is 72.8 Å². The van der Waals surface area contributed by atoms with Crippen molar-refractivity contribution in [2.45, 2.75) is 13.1 Å². The Balaban J connectivity index is 1.71. The Morgan fingerprint density at radius 3 is 1.66 bits per heavy atom. The van der Waals surface area contributed by atoms with Gasteiger partial charge in [0.15, 0.2) is 0 Å². The Morgan fingerprint density at radius 2 is 0.974 bits per heavy atom. The normalized spacial score (nSPS) is 11.9. The van der Waals surface area contributed by atoms with Crippen LogP contribution in [-0.2, 0) is 0 Å². The average Bonchev–Trinajstić information content (AvgIpc) is 3.59. The first-order valence-corrected chi connectivity index (χ1v) is 15.6. The zero-order valence-electron chi connectivity index (χ0n) is 21.4. The van der Waals surface area contributed by atoms with E-state index in [2.05, 4.69) is 148 Å². The van der Waals surface area contributed by atoms with Crippen LogP contribution in [0.4, 0.5) is 0 Å². The second-order valence-corrected chi connectivity index (χ2v) is 12.6. The molecule has 0 amide bonds. The molecular formula is C34H26N3Si-. The summed E-state index contributed by atoms with van der Waals surface area (Å²) in [5.74, 6) is 0. The molecule has 0 spiro atoms. The van der Waals surface area contributed by atoms with Crippen LogP contribution in [0.1, 0.15) is 0 Å². The van der Waals surface area contributed by atoms with E-state index in [1.807, 2.05) is 0 Å². The second kappa shape index (κ2) is 7.98. The summed E-state index contributed by atoms with van der Waals surface area (Å²) in [6.45, 7) is 4.76. The molecule has 3 aromatic heterocycles. The van der Waals surface area contributed by atoms with Crippen molar-refractivity contribution in [3.63, 3.8) is 0 Å². The predicted molar refractivity (Wildman–Crippen MR) is 163 cm³/mol. The van der Waals surface area contributed by atoms with E-state index in [0.29, 0.717) is 0 Å². The lowest BCUT2D eigenvalue weighted by atomic mass is 10.1. The summed E-state index contributed by atoms with van der Waals surface area (Å²) in [4.78, 5) is 0. The number of para-hydroxylation sites is 4. The molecule has 0 N–H and O–H groups in total. The van der Waals surface area contributed by atoms with E-state index in [0.717, 1.165) is 0 Å². The number of aromatic nitrogens is 3. The maximum atomic E-state index is 2.59. The minimum atomic E-state index is -0.763. The average molecular weight is 505 g/mol. The van der Waals surface area contributed by atoms with Crippen LogP contribution >= 0.6 is 0 Å². The van der Waals surface area contributed by atoms with Crippen molar-refractivity contribution in [2.24, 2.45) is 0 Å². The van der Waals surface area contributed by atoms with E-state index in [1.165, 1.54) is 66.0 Å².